The molecule has 0 aliphatic carbocycles. The van der Waals surface area contributed by atoms with Crippen molar-refractivity contribution in [3.05, 3.63) is 54.4 Å². The van der Waals surface area contributed by atoms with Gasteiger partial charge in [-0.05, 0) is 49.7 Å². The quantitative estimate of drug-likeness (QED) is 0.789. The van der Waals surface area contributed by atoms with Crippen molar-refractivity contribution in [3.8, 4) is 0 Å². The van der Waals surface area contributed by atoms with Crippen molar-refractivity contribution >= 4 is 17.4 Å². The Kier molecular flexibility index (Phi) is 5.15. The lowest BCUT2D eigenvalue weighted by Gasteiger charge is -2.11. The minimum absolute atomic E-state index is 0.116. The van der Waals surface area contributed by atoms with E-state index in [9.17, 15) is 4.79 Å². The molecule has 0 spiro atoms. The first-order chi connectivity index (χ1) is 10.1. The summed E-state index contributed by atoms with van der Waals surface area (Å²) in [4.78, 5) is 15.6. The van der Waals surface area contributed by atoms with Crippen LogP contribution in [0.4, 0.5) is 16.2 Å². The van der Waals surface area contributed by atoms with Crippen LogP contribution in [-0.2, 0) is 6.54 Å². The molecule has 0 fully saturated rings. The van der Waals surface area contributed by atoms with Gasteiger partial charge in [0.25, 0.3) is 0 Å². The Labute approximate surface area is 124 Å². The summed E-state index contributed by atoms with van der Waals surface area (Å²) in [5.41, 5.74) is 2.88. The lowest BCUT2D eigenvalue weighted by atomic mass is 10.2. The van der Waals surface area contributed by atoms with E-state index in [0.717, 1.165) is 16.9 Å². The van der Waals surface area contributed by atoms with Gasteiger partial charge in [-0.15, -0.1) is 0 Å². The van der Waals surface area contributed by atoms with Crippen molar-refractivity contribution in [2.24, 2.45) is 0 Å². The second-order valence-electron chi connectivity index (χ2n) is 5.05. The topological polar surface area (TPSA) is 66.1 Å². The molecular weight excluding hydrogens is 264 g/mol. The number of aromatic nitrogens is 1. The molecule has 2 rings (SSSR count). The molecule has 0 unspecified atom stereocenters. The van der Waals surface area contributed by atoms with Crippen molar-refractivity contribution in [1.82, 2.24) is 10.3 Å². The second kappa shape index (κ2) is 7.28. The van der Waals surface area contributed by atoms with Crippen LogP contribution in [0.15, 0.2) is 48.8 Å². The Morgan fingerprint density at radius 3 is 2.48 bits per heavy atom. The van der Waals surface area contributed by atoms with Crippen molar-refractivity contribution in [3.63, 3.8) is 0 Å². The average Bonchev–Trinajstić information content (AvgIpc) is 2.47. The van der Waals surface area contributed by atoms with E-state index >= 15 is 0 Å². The number of carbonyl (C=O) groups excluding carboxylic acids is 1. The number of rotatable bonds is 5. The van der Waals surface area contributed by atoms with Gasteiger partial charge in [-0.3, -0.25) is 4.98 Å². The van der Waals surface area contributed by atoms with E-state index in [0.29, 0.717) is 6.54 Å². The van der Waals surface area contributed by atoms with Gasteiger partial charge in [0.1, 0.15) is 0 Å². The highest BCUT2D eigenvalue weighted by atomic mass is 16.2. The van der Waals surface area contributed by atoms with Crippen LogP contribution < -0.4 is 16.0 Å². The van der Waals surface area contributed by atoms with E-state index in [1.807, 2.05) is 56.4 Å². The average molecular weight is 284 g/mol. The zero-order valence-corrected chi connectivity index (χ0v) is 12.3. The van der Waals surface area contributed by atoms with Crippen LogP contribution in [0.2, 0.25) is 0 Å². The first-order valence-electron chi connectivity index (χ1n) is 6.94. The molecule has 0 aliphatic rings. The van der Waals surface area contributed by atoms with Crippen molar-refractivity contribution in [2.75, 3.05) is 10.6 Å². The van der Waals surface area contributed by atoms with Gasteiger partial charge < -0.3 is 16.0 Å². The Morgan fingerprint density at radius 1 is 1.14 bits per heavy atom. The van der Waals surface area contributed by atoms with Crippen LogP contribution in [0.5, 0.6) is 0 Å². The fourth-order valence-electron chi connectivity index (χ4n) is 1.81. The molecule has 2 amide bonds. The van der Waals surface area contributed by atoms with Crippen LogP contribution in [-0.4, -0.2) is 17.1 Å². The van der Waals surface area contributed by atoms with E-state index in [1.165, 1.54) is 0 Å². The van der Waals surface area contributed by atoms with Crippen LogP contribution >= 0.6 is 0 Å². The lowest BCUT2D eigenvalue weighted by molar-refractivity contribution is 0.250. The SMILES string of the molecule is CC(C)NC(=O)Nc1ccc(NCc2cccnc2)cc1. The number of anilines is 2. The van der Waals surface area contributed by atoms with Gasteiger partial charge in [-0.2, -0.15) is 0 Å². The molecular formula is C16H20N4O. The fourth-order valence-corrected chi connectivity index (χ4v) is 1.81. The van der Waals surface area contributed by atoms with Gasteiger partial charge in [0, 0.05) is 36.4 Å². The minimum atomic E-state index is -0.193. The Morgan fingerprint density at radius 2 is 1.86 bits per heavy atom. The van der Waals surface area contributed by atoms with Crippen molar-refractivity contribution in [2.45, 2.75) is 26.4 Å². The van der Waals surface area contributed by atoms with E-state index in [4.69, 9.17) is 0 Å². The van der Waals surface area contributed by atoms with E-state index in [2.05, 4.69) is 20.9 Å². The third kappa shape index (κ3) is 5.14. The molecule has 110 valence electrons. The summed E-state index contributed by atoms with van der Waals surface area (Å²) in [6, 6.07) is 11.5. The van der Waals surface area contributed by atoms with E-state index in [1.54, 1.807) is 6.20 Å². The van der Waals surface area contributed by atoms with Gasteiger partial charge in [0.15, 0.2) is 0 Å². The Bertz CT molecular complexity index is 567. The Balaban J connectivity index is 1.86. The van der Waals surface area contributed by atoms with Gasteiger partial charge in [0.2, 0.25) is 0 Å². The first-order valence-corrected chi connectivity index (χ1v) is 6.94. The monoisotopic (exact) mass is 284 g/mol. The summed E-state index contributed by atoms with van der Waals surface area (Å²) in [6.45, 7) is 4.56. The zero-order chi connectivity index (χ0) is 15.1. The molecule has 0 atom stereocenters. The molecule has 1 heterocycles. The third-order valence-electron chi connectivity index (χ3n) is 2.78. The smallest absolute Gasteiger partial charge is 0.319 e. The first kappa shape index (κ1) is 14.8. The molecule has 0 bridgehead atoms. The standard InChI is InChI=1S/C16H20N4O/c1-12(2)19-16(21)20-15-7-5-14(6-8-15)18-11-13-4-3-9-17-10-13/h3-10,12,18H,11H2,1-2H3,(H2,19,20,21). The number of nitrogens with one attached hydrogen (secondary N) is 3. The molecule has 5 nitrogen and oxygen atoms in total. The lowest BCUT2D eigenvalue weighted by Crippen LogP contribution is -2.34. The molecule has 1 aromatic heterocycles. The van der Waals surface area contributed by atoms with Gasteiger partial charge in [-0.25, -0.2) is 4.79 Å². The number of hydrogen-bond acceptors (Lipinski definition) is 3. The summed E-state index contributed by atoms with van der Waals surface area (Å²) < 4.78 is 0. The minimum Gasteiger partial charge on any atom is -0.381 e. The number of pyridine rings is 1. The van der Waals surface area contributed by atoms with E-state index in [-0.39, 0.29) is 12.1 Å². The predicted molar refractivity (Wildman–Crippen MR) is 85.3 cm³/mol. The number of amides is 2. The molecule has 3 N–H and O–H groups in total. The highest BCUT2D eigenvalue weighted by Crippen LogP contribution is 2.14. The summed E-state index contributed by atoms with van der Waals surface area (Å²) >= 11 is 0. The molecule has 0 aliphatic heterocycles. The number of nitrogens with zero attached hydrogens (tertiary/aromatic N) is 1. The molecule has 5 heteroatoms. The summed E-state index contributed by atoms with van der Waals surface area (Å²) in [6.07, 6.45) is 3.59. The van der Waals surface area contributed by atoms with Crippen LogP contribution in [0.3, 0.4) is 0 Å². The molecule has 0 saturated carbocycles. The number of urea groups is 1. The third-order valence-corrected chi connectivity index (χ3v) is 2.78. The van der Waals surface area contributed by atoms with Gasteiger partial charge in [0.05, 0.1) is 0 Å². The summed E-state index contributed by atoms with van der Waals surface area (Å²) in [7, 11) is 0. The maximum atomic E-state index is 11.6. The number of carbonyl (C=O) groups is 1. The predicted octanol–water partition coefficient (Wildman–Crippen LogP) is 3.22. The van der Waals surface area contributed by atoms with Crippen LogP contribution in [0, 0.1) is 0 Å². The highest BCUT2D eigenvalue weighted by Gasteiger charge is 2.03. The normalized spacial score (nSPS) is 10.2. The molecule has 0 saturated heterocycles. The van der Waals surface area contributed by atoms with Gasteiger partial charge >= 0.3 is 6.03 Å². The van der Waals surface area contributed by atoms with Crippen molar-refractivity contribution in [1.29, 1.82) is 0 Å². The van der Waals surface area contributed by atoms with Crippen LogP contribution in [0.1, 0.15) is 19.4 Å². The molecule has 0 radical (unpaired) electrons. The van der Waals surface area contributed by atoms with Gasteiger partial charge in [-0.1, -0.05) is 6.07 Å². The van der Waals surface area contributed by atoms with E-state index < -0.39 is 0 Å². The largest absolute Gasteiger partial charge is 0.381 e. The maximum absolute atomic E-state index is 11.6. The zero-order valence-electron chi connectivity index (χ0n) is 12.3. The second-order valence-corrected chi connectivity index (χ2v) is 5.05. The Hall–Kier alpha value is -2.56. The molecule has 1 aromatic carbocycles. The maximum Gasteiger partial charge on any atom is 0.319 e. The number of hydrogen-bond donors (Lipinski definition) is 3. The number of benzene rings is 1. The summed E-state index contributed by atoms with van der Waals surface area (Å²) in [5.74, 6) is 0. The van der Waals surface area contributed by atoms with Crippen LogP contribution in [0.25, 0.3) is 0 Å². The summed E-state index contributed by atoms with van der Waals surface area (Å²) in [5, 5.41) is 8.87. The molecule has 2 aromatic rings. The molecule has 21 heavy (non-hydrogen) atoms. The highest BCUT2D eigenvalue weighted by molar-refractivity contribution is 5.89. The van der Waals surface area contributed by atoms with Crippen molar-refractivity contribution < 1.29 is 4.79 Å². The fraction of sp³-hybridized carbons (Fsp3) is 0.250.